The van der Waals surface area contributed by atoms with Crippen LogP contribution in [0.1, 0.15) is 65.7 Å². The van der Waals surface area contributed by atoms with Gasteiger partial charge in [-0.15, -0.1) is 0 Å². The Kier molecular flexibility index (Phi) is 4.72. The number of hydrogen-bond donors (Lipinski definition) is 0. The first-order valence-corrected chi connectivity index (χ1v) is 9.38. The number of carbonyl (C=O) groups excluding carboxylic acids is 2. The van der Waals surface area contributed by atoms with Crippen LogP contribution in [0.5, 0.6) is 0 Å². The quantitative estimate of drug-likeness (QED) is 0.420. The summed E-state index contributed by atoms with van der Waals surface area (Å²) in [4.78, 5) is 23.4. The third-order valence-corrected chi connectivity index (χ3v) is 6.80. The van der Waals surface area contributed by atoms with Crippen molar-refractivity contribution in [3.63, 3.8) is 0 Å². The zero-order chi connectivity index (χ0) is 17.5. The van der Waals surface area contributed by atoms with Crippen LogP contribution in [0.4, 0.5) is 0 Å². The van der Waals surface area contributed by atoms with E-state index in [1.165, 1.54) is 12.5 Å². The number of allylic oxidation sites excluding steroid dienone is 3. The van der Waals surface area contributed by atoms with E-state index in [2.05, 4.69) is 20.4 Å². The van der Waals surface area contributed by atoms with E-state index in [0.717, 1.165) is 44.9 Å². The van der Waals surface area contributed by atoms with E-state index >= 15 is 0 Å². The molecule has 2 saturated carbocycles. The Hall–Kier alpha value is -1.38. The molecule has 0 aromatic heterocycles. The summed E-state index contributed by atoms with van der Waals surface area (Å²) in [6.45, 7) is 10.5. The fraction of sp³-hybridized carbons (Fsp3) is 0.714. The van der Waals surface area contributed by atoms with Gasteiger partial charge in [0, 0.05) is 24.7 Å². The highest BCUT2D eigenvalue weighted by molar-refractivity contribution is 5.87. The minimum absolute atomic E-state index is 0.0824. The smallest absolute Gasteiger partial charge is 0.302 e. The molecule has 132 valence electrons. The molecule has 3 nitrogen and oxygen atoms in total. The molecular formula is C21H30O3. The molecule has 0 heterocycles. The zero-order valence-corrected chi connectivity index (χ0v) is 15.3. The highest BCUT2D eigenvalue weighted by Gasteiger charge is 2.54. The maximum atomic E-state index is 12.4. The standard InChI is InChI=1S/C21H30O3/c1-13(2)17-12-18-16(15(17)6-5-11-24-14(3)22)9-10-21(4)19(18)7-8-20(21)23/h17-19H,1,5-12H2,2-4H3/t17-,18-,19+,21+/m1/s1. The van der Waals surface area contributed by atoms with Crippen molar-refractivity contribution < 1.29 is 14.3 Å². The molecule has 0 unspecified atom stereocenters. The predicted octanol–water partition coefficient (Wildman–Crippen LogP) is 4.62. The van der Waals surface area contributed by atoms with E-state index in [-0.39, 0.29) is 11.4 Å². The lowest BCUT2D eigenvalue weighted by Gasteiger charge is -2.41. The highest BCUT2D eigenvalue weighted by atomic mass is 16.5. The molecule has 3 rings (SSSR count). The molecule has 0 N–H and O–H groups in total. The van der Waals surface area contributed by atoms with Gasteiger partial charge >= 0.3 is 5.97 Å². The van der Waals surface area contributed by atoms with Gasteiger partial charge < -0.3 is 4.74 Å². The lowest BCUT2D eigenvalue weighted by molar-refractivity contribution is -0.141. The van der Waals surface area contributed by atoms with Crippen LogP contribution >= 0.6 is 0 Å². The van der Waals surface area contributed by atoms with Crippen LogP contribution in [0.25, 0.3) is 0 Å². The SMILES string of the molecule is C=C(C)[C@H]1C[C@@H]2C(=C1CCCOC(C)=O)CC[C@]1(C)C(=O)CC[C@@H]21. The molecule has 0 radical (unpaired) electrons. The molecule has 2 fully saturated rings. The van der Waals surface area contributed by atoms with Gasteiger partial charge in [0.05, 0.1) is 6.61 Å². The van der Waals surface area contributed by atoms with Gasteiger partial charge in [-0.2, -0.15) is 0 Å². The van der Waals surface area contributed by atoms with E-state index in [9.17, 15) is 9.59 Å². The Bertz CT molecular complexity index is 600. The number of carbonyl (C=O) groups is 2. The number of fused-ring (bicyclic) bond motifs is 3. The van der Waals surface area contributed by atoms with E-state index in [0.29, 0.717) is 30.1 Å². The number of rotatable bonds is 5. The maximum absolute atomic E-state index is 12.4. The monoisotopic (exact) mass is 330 g/mol. The number of ketones is 1. The van der Waals surface area contributed by atoms with Crippen molar-refractivity contribution >= 4 is 11.8 Å². The average molecular weight is 330 g/mol. The predicted molar refractivity (Wildman–Crippen MR) is 94.4 cm³/mol. The Labute approximate surface area is 145 Å². The van der Waals surface area contributed by atoms with Crippen LogP contribution in [0.2, 0.25) is 0 Å². The van der Waals surface area contributed by atoms with Crippen molar-refractivity contribution in [1.82, 2.24) is 0 Å². The summed E-state index contributed by atoms with van der Waals surface area (Å²) in [7, 11) is 0. The second-order valence-corrected chi connectivity index (χ2v) is 8.22. The van der Waals surface area contributed by atoms with E-state index in [4.69, 9.17) is 4.74 Å². The zero-order valence-electron chi connectivity index (χ0n) is 15.3. The first kappa shape index (κ1) is 17.4. The lowest BCUT2D eigenvalue weighted by Crippen LogP contribution is -2.37. The molecule has 0 aromatic rings. The number of ether oxygens (including phenoxy) is 1. The molecule has 0 bridgehead atoms. The average Bonchev–Trinajstić information content (AvgIpc) is 3.02. The summed E-state index contributed by atoms with van der Waals surface area (Å²) in [6.07, 6.45) is 6.93. The summed E-state index contributed by atoms with van der Waals surface area (Å²) in [5.74, 6) is 1.84. The molecule has 3 aliphatic rings. The molecule has 0 amide bonds. The Balaban J connectivity index is 1.79. The van der Waals surface area contributed by atoms with Crippen LogP contribution in [0.3, 0.4) is 0 Å². The van der Waals surface area contributed by atoms with Gasteiger partial charge in [0.2, 0.25) is 0 Å². The second kappa shape index (κ2) is 6.50. The summed E-state index contributed by atoms with van der Waals surface area (Å²) in [5.41, 5.74) is 4.32. The van der Waals surface area contributed by atoms with Crippen molar-refractivity contribution in [3.8, 4) is 0 Å². The van der Waals surface area contributed by atoms with E-state index in [1.54, 1.807) is 11.1 Å². The van der Waals surface area contributed by atoms with Crippen molar-refractivity contribution in [3.05, 3.63) is 23.3 Å². The molecule has 0 saturated heterocycles. The van der Waals surface area contributed by atoms with Gasteiger partial charge in [0.25, 0.3) is 0 Å². The number of hydrogen-bond acceptors (Lipinski definition) is 3. The van der Waals surface area contributed by atoms with Crippen LogP contribution in [0.15, 0.2) is 23.3 Å². The molecule has 0 aromatic carbocycles. The van der Waals surface area contributed by atoms with Gasteiger partial charge in [-0.3, -0.25) is 9.59 Å². The number of Topliss-reactive ketones (excluding diaryl/α,β-unsaturated/α-hetero) is 1. The molecular weight excluding hydrogens is 300 g/mol. The Morgan fingerprint density at radius 1 is 1.33 bits per heavy atom. The van der Waals surface area contributed by atoms with Crippen LogP contribution in [0, 0.1) is 23.2 Å². The van der Waals surface area contributed by atoms with Gasteiger partial charge in [-0.25, -0.2) is 0 Å². The van der Waals surface area contributed by atoms with Gasteiger partial charge in [-0.1, -0.05) is 30.2 Å². The molecule has 3 heteroatoms. The van der Waals surface area contributed by atoms with E-state index in [1.807, 2.05) is 0 Å². The minimum atomic E-state index is -0.202. The lowest BCUT2D eigenvalue weighted by atomic mass is 9.62. The molecule has 4 atom stereocenters. The van der Waals surface area contributed by atoms with Crippen molar-refractivity contribution in [2.75, 3.05) is 6.61 Å². The summed E-state index contributed by atoms with van der Waals surface area (Å²) < 4.78 is 5.10. The summed E-state index contributed by atoms with van der Waals surface area (Å²) in [6, 6.07) is 0. The van der Waals surface area contributed by atoms with Crippen LogP contribution in [-0.4, -0.2) is 18.4 Å². The summed E-state index contributed by atoms with van der Waals surface area (Å²) >= 11 is 0. The highest BCUT2D eigenvalue weighted by Crippen LogP contribution is 2.60. The van der Waals surface area contributed by atoms with E-state index < -0.39 is 0 Å². The fourth-order valence-electron chi connectivity index (χ4n) is 5.53. The minimum Gasteiger partial charge on any atom is -0.466 e. The van der Waals surface area contributed by atoms with Gasteiger partial charge in [0.15, 0.2) is 0 Å². The van der Waals surface area contributed by atoms with Gasteiger partial charge in [0.1, 0.15) is 5.78 Å². The van der Waals surface area contributed by atoms with Crippen molar-refractivity contribution in [1.29, 1.82) is 0 Å². The third-order valence-electron chi connectivity index (χ3n) is 6.80. The van der Waals surface area contributed by atoms with Crippen molar-refractivity contribution in [2.24, 2.45) is 23.2 Å². The largest absolute Gasteiger partial charge is 0.466 e. The molecule has 24 heavy (non-hydrogen) atoms. The van der Waals surface area contributed by atoms with Crippen LogP contribution in [-0.2, 0) is 14.3 Å². The molecule has 0 aliphatic heterocycles. The first-order valence-electron chi connectivity index (χ1n) is 9.38. The van der Waals surface area contributed by atoms with Gasteiger partial charge in [-0.05, 0) is 57.3 Å². The van der Waals surface area contributed by atoms with Crippen molar-refractivity contribution in [2.45, 2.75) is 65.7 Å². The second-order valence-electron chi connectivity index (χ2n) is 8.22. The topological polar surface area (TPSA) is 43.4 Å². The molecule has 0 spiro atoms. The van der Waals surface area contributed by atoms with Crippen LogP contribution < -0.4 is 0 Å². The number of esters is 1. The third kappa shape index (κ3) is 2.87. The first-order chi connectivity index (χ1) is 11.3. The maximum Gasteiger partial charge on any atom is 0.302 e. The fourth-order valence-corrected chi connectivity index (χ4v) is 5.53. The Morgan fingerprint density at radius 2 is 2.08 bits per heavy atom. The Morgan fingerprint density at radius 3 is 2.75 bits per heavy atom. The summed E-state index contributed by atoms with van der Waals surface area (Å²) in [5, 5.41) is 0. The molecule has 3 aliphatic carbocycles. The normalized spacial score (nSPS) is 35.0.